The number of amides is 2. The van der Waals surface area contributed by atoms with Gasteiger partial charge < -0.3 is 14.9 Å². The van der Waals surface area contributed by atoms with Crippen molar-refractivity contribution in [3.05, 3.63) is 54.1 Å². The van der Waals surface area contributed by atoms with E-state index in [0.29, 0.717) is 17.0 Å². The molecule has 2 aliphatic heterocycles. The van der Waals surface area contributed by atoms with Crippen LogP contribution in [0.4, 0.5) is 5.69 Å². The molecule has 4 rings (SSSR count). The molecule has 0 radical (unpaired) electrons. The van der Waals surface area contributed by atoms with Gasteiger partial charge in [0.05, 0.1) is 24.6 Å². The molecule has 2 aliphatic rings. The first-order valence-corrected chi connectivity index (χ1v) is 8.72. The molecule has 4 atom stereocenters. The van der Waals surface area contributed by atoms with Gasteiger partial charge in [-0.05, 0) is 30.3 Å². The van der Waals surface area contributed by atoms with Crippen LogP contribution in [0, 0.1) is 11.8 Å². The number of para-hydroxylation sites is 1. The summed E-state index contributed by atoms with van der Waals surface area (Å²) in [6, 6.07) is 10.8. The Kier molecular flexibility index (Phi) is 4.27. The lowest BCUT2D eigenvalue weighted by molar-refractivity contribution is -0.142. The smallest absolute Gasteiger partial charge is 0.321 e. The van der Waals surface area contributed by atoms with E-state index < -0.39 is 41.7 Å². The number of nitrogens with zero attached hydrogens (tertiary/aromatic N) is 1. The normalized spacial score (nSPS) is 26.4. The first-order chi connectivity index (χ1) is 13.4. The van der Waals surface area contributed by atoms with Gasteiger partial charge in [0, 0.05) is 11.6 Å². The minimum atomic E-state index is -1.23. The second-order valence-corrected chi connectivity index (χ2v) is 6.78. The highest BCUT2D eigenvalue weighted by atomic mass is 16.5. The first-order valence-electron chi connectivity index (χ1n) is 8.72. The summed E-state index contributed by atoms with van der Waals surface area (Å²) >= 11 is 0. The molecule has 0 aliphatic carbocycles. The number of hydrogen-bond acceptors (Lipinski definition) is 6. The number of carboxylic acid groups (broad SMARTS) is 1. The Balaban J connectivity index is 1.76. The van der Waals surface area contributed by atoms with Crippen LogP contribution in [0.15, 0.2) is 48.5 Å². The number of rotatable bonds is 4. The van der Waals surface area contributed by atoms with Gasteiger partial charge in [-0.15, -0.1) is 0 Å². The number of phenols is 1. The lowest BCUT2D eigenvalue weighted by Gasteiger charge is -2.22. The van der Waals surface area contributed by atoms with E-state index in [-0.39, 0.29) is 5.75 Å². The summed E-state index contributed by atoms with van der Waals surface area (Å²) in [4.78, 5) is 39.0. The SMILES string of the molecule is COc1ccc(N2C(=O)[C@H]3[C@H](C2=O)[C@H](C(=O)O)N[C@@H]3c2ccccc2O)cc1. The number of phenolic OH excluding ortho intramolecular Hbond substituents is 1. The maximum Gasteiger partial charge on any atom is 0.321 e. The van der Waals surface area contributed by atoms with Crippen LogP contribution in [-0.4, -0.2) is 41.1 Å². The highest BCUT2D eigenvalue weighted by molar-refractivity contribution is 6.23. The lowest BCUT2D eigenvalue weighted by atomic mass is 9.86. The van der Waals surface area contributed by atoms with Crippen molar-refractivity contribution in [1.82, 2.24) is 5.32 Å². The molecule has 0 aromatic heterocycles. The number of benzene rings is 2. The van der Waals surface area contributed by atoms with Crippen molar-refractivity contribution >= 4 is 23.5 Å². The topological polar surface area (TPSA) is 116 Å². The standard InChI is InChI=1S/C20H18N2O6/c1-28-11-8-6-10(7-9-11)22-18(24)14-15(19(22)25)17(20(26)27)21-16(14)12-4-2-3-5-13(12)23/h2-9,14-17,21,23H,1H3,(H,26,27)/t14-,15-,16+,17+/m0/s1. The van der Waals surface area contributed by atoms with Gasteiger partial charge in [-0.2, -0.15) is 0 Å². The number of anilines is 1. The number of ether oxygens (including phenoxy) is 1. The number of methoxy groups -OCH3 is 1. The molecule has 0 unspecified atom stereocenters. The number of carboxylic acids is 1. The molecule has 3 N–H and O–H groups in total. The van der Waals surface area contributed by atoms with E-state index in [4.69, 9.17) is 4.74 Å². The zero-order valence-corrected chi connectivity index (χ0v) is 14.9. The van der Waals surface area contributed by atoms with Crippen LogP contribution in [0.2, 0.25) is 0 Å². The van der Waals surface area contributed by atoms with Gasteiger partial charge in [0.1, 0.15) is 17.5 Å². The average molecular weight is 382 g/mol. The van der Waals surface area contributed by atoms with Gasteiger partial charge in [-0.1, -0.05) is 18.2 Å². The molecule has 0 saturated carbocycles. The van der Waals surface area contributed by atoms with Crippen molar-refractivity contribution in [3.8, 4) is 11.5 Å². The third-order valence-electron chi connectivity index (χ3n) is 5.34. The van der Waals surface area contributed by atoms with E-state index in [1.165, 1.54) is 13.2 Å². The Morgan fingerprint density at radius 3 is 2.29 bits per heavy atom. The third-order valence-corrected chi connectivity index (χ3v) is 5.34. The summed E-state index contributed by atoms with van der Waals surface area (Å²) in [6.07, 6.45) is 0. The summed E-state index contributed by atoms with van der Waals surface area (Å²) in [5.74, 6) is -3.76. The first kappa shape index (κ1) is 18.0. The molecule has 28 heavy (non-hydrogen) atoms. The van der Waals surface area contributed by atoms with E-state index in [1.807, 2.05) is 0 Å². The van der Waals surface area contributed by atoms with Gasteiger partial charge in [0.25, 0.3) is 0 Å². The lowest BCUT2D eigenvalue weighted by Crippen LogP contribution is -2.43. The van der Waals surface area contributed by atoms with Gasteiger partial charge in [0.2, 0.25) is 11.8 Å². The van der Waals surface area contributed by atoms with Crippen LogP contribution in [0.1, 0.15) is 11.6 Å². The van der Waals surface area contributed by atoms with E-state index in [9.17, 15) is 24.6 Å². The summed E-state index contributed by atoms with van der Waals surface area (Å²) in [6.45, 7) is 0. The van der Waals surface area contributed by atoms with Crippen LogP contribution in [0.5, 0.6) is 11.5 Å². The van der Waals surface area contributed by atoms with Gasteiger partial charge >= 0.3 is 5.97 Å². The molecule has 2 heterocycles. The van der Waals surface area contributed by atoms with Crippen LogP contribution < -0.4 is 15.0 Å². The molecule has 2 aromatic rings. The molecule has 0 bridgehead atoms. The molecular formula is C20H18N2O6. The number of carbonyl (C=O) groups excluding carboxylic acids is 2. The second kappa shape index (κ2) is 6.65. The number of fused-ring (bicyclic) bond motifs is 1. The number of imide groups is 1. The highest BCUT2D eigenvalue weighted by Crippen LogP contribution is 2.47. The fourth-order valence-electron chi connectivity index (χ4n) is 4.06. The van der Waals surface area contributed by atoms with Gasteiger partial charge in [-0.3, -0.25) is 19.7 Å². The molecule has 2 saturated heterocycles. The van der Waals surface area contributed by atoms with E-state index in [1.54, 1.807) is 42.5 Å². The average Bonchev–Trinajstić information content (AvgIpc) is 3.20. The zero-order valence-electron chi connectivity index (χ0n) is 14.9. The molecule has 2 aromatic carbocycles. The van der Waals surface area contributed by atoms with Crippen LogP contribution in [-0.2, 0) is 14.4 Å². The maximum absolute atomic E-state index is 13.2. The predicted octanol–water partition coefficient (Wildman–Crippen LogP) is 1.30. The van der Waals surface area contributed by atoms with Crippen molar-refractivity contribution in [2.75, 3.05) is 12.0 Å². The number of aromatic hydroxyl groups is 1. The summed E-state index contributed by atoms with van der Waals surface area (Å²) in [5, 5.41) is 22.7. The Morgan fingerprint density at radius 2 is 1.68 bits per heavy atom. The summed E-state index contributed by atoms with van der Waals surface area (Å²) in [5.41, 5.74) is 0.740. The molecule has 144 valence electrons. The largest absolute Gasteiger partial charge is 0.508 e. The van der Waals surface area contributed by atoms with E-state index >= 15 is 0 Å². The van der Waals surface area contributed by atoms with Gasteiger partial charge in [-0.25, -0.2) is 4.90 Å². The van der Waals surface area contributed by atoms with Crippen LogP contribution >= 0.6 is 0 Å². The van der Waals surface area contributed by atoms with Crippen molar-refractivity contribution in [3.63, 3.8) is 0 Å². The minimum Gasteiger partial charge on any atom is -0.508 e. The van der Waals surface area contributed by atoms with Crippen molar-refractivity contribution in [2.24, 2.45) is 11.8 Å². The van der Waals surface area contributed by atoms with Crippen molar-refractivity contribution < 1.29 is 29.3 Å². The molecule has 2 fully saturated rings. The second-order valence-electron chi connectivity index (χ2n) is 6.78. The number of aliphatic carboxylic acids is 1. The van der Waals surface area contributed by atoms with Crippen molar-refractivity contribution in [1.29, 1.82) is 0 Å². The Morgan fingerprint density at radius 1 is 1.04 bits per heavy atom. The highest BCUT2D eigenvalue weighted by Gasteiger charge is 2.61. The number of hydrogen-bond donors (Lipinski definition) is 3. The Bertz CT molecular complexity index is 957. The zero-order chi connectivity index (χ0) is 20.0. The number of carbonyl (C=O) groups is 3. The molecule has 8 heteroatoms. The van der Waals surface area contributed by atoms with Gasteiger partial charge in [0.15, 0.2) is 0 Å². The Hall–Kier alpha value is -3.39. The Labute approximate surface area is 160 Å². The fourth-order valence-corrected chi connectivity index (χ4v) is 4.06. The fraction of sp³-hybridized carbons (Fsp3) is 0.250. The van der Waals surface area contributed by atoms with E-state index in [0.717, 1.165) is 4.90 Å². The molecule has 8 nitrogen and oxygen atoms in total. The van der Waals surface area contributed by atoms with Crippen molar-refractivity contribution in [2.45, 2.75) is 12.1 Å². The third kappa shape index (κ3) is 2.61. The minimum absolute atomic E-state index is 0.0621. The molecular weight excluding hydrogens is 364 g/mol. The molecule has 2 amide bonds. The van der Waals surface area contributed by atoms with E-state index in [2.05, 4.69) is 5.32 Å². The van der Waals surface area contributed by atoms with Crippen LogP contribution in [0.3, 0.4) is 0 Å². The quantitative estimate of drug-likeness (QED) is 0.683. The molecule has 0 spiro atoms. The predicted molar refractivity (Wildman–Crippen MR) is 97.9 cm³/mol. The summed E-state index contributed by atoms with van der Waals surface area (Å²) in [7, 11) is 1.51. The summed E-state index contributed by atoms with van der Waals surface area (Å²) < 4.78 is 5.09. The number of nitrogens with one attached hydrogen (secondary N) is 1. The van der Waals surface area contributed by atoms with Crippen LogP contribution in [0.25, 0.3) is 0 Å². The maximum atomic E-state index is 13.2. The monoisotopic (exact) mass is 382 g/mol.